The standard InChI is InChI=1S/C16H23F2NO2/c1-3-16(4-2,11-20)10-19-15(21)8-6-12-5-7-13(17)14(18)9-12/h5,7,9,20H,3-4,6,8,10-11H2,1-2H3,(H,19,21). The lowest BCUT2D eigenvalue weighted by Gasteiger charge is -2.29. The van der Waals surface area contributed by atoms with Gasteiger partial charge < -0.3 is 10.4 Å². The summed E-state index contributed by atoms with van der Waals surface area (Å²) in [5.41, 5.74) is 0.306. The van der Waals surface area contributed by atoms with Crippen molar-refractivity contribution in [2.24, 2.45) is 5.41 Å². The molecule has 2 N–H and O–H groups in total. The second kappa shape index (κ2) is 8.08. The van der Waals surface area contributed by atoms with Crippen LogP contribution in [0.25, 0.3) is 0 Å². The van der Waals surface area contributed by atoms with Crippen LogP contribution in [-0.2, 0) is 11.2 Å². The minimum absolute atomic E-state index is 0.0312. The molecule has 118 valence electrons. The van der Waals surface area contributed by atoms with Crippen molar-refractivity contribution < 1.29 is 18.7 Å². The van der Waals surface area contributed by atoms with Crippen molar-refractivity contribution in [1.29, 1.82) is 0 Å². The van der Waals surface area contributed by atoms with Gasteiger partial charge in [-0.3, -0.25) is 4.79 Å². The van der Waals surface area contributed by atoms with E-state index in [-0.39, 0.29) is 24.3 Å². The zero-order valence-corrected chi connectivity index (χ0v) is 12.6. The Bertz CT molecular complexity index is 465. The van der Waals surface area contributed by atoms with E-state index < -0.39 is 11.6 Å². The number of carbonyl (C=O) groups is 1. The summed E-state index contributed by atoms with van der Waals surface area (Å²) in [6, 6.07) is 3.65. The normalized spacial score (nSPS) is 11.5. The van der Waals surface area contributed by atoms with Crippen molar-refractivity contribution in [3.8, 4) is 0 Å². The van der Waals surface area contributed by atoms with Crippen LogP contribution in [0.3, 0.4) is 0 Å². The molecule has 1 aromatic rings. The van der Waals surface area contributed by atoms with Crippen LogP contribution in [0.1, 0.15) is 38.7 Å². The number of amides is 1. The zero-order valence-electron chi connectivity index (χ0n) is 12.6. The van der Waals surface area contributed by atoms with E-state index in [4.69, 9.17) is 0 Å². The van der Waals surface area contributed by atoms with Gasteiger partial charge in [-0.25, -0.2) is 8.78 Å². The third-order valence-corrected chi connectivity index (χ3v) is 4.12. The third-order valence-electron chi connectivity index (χ3n) is 4.12. The molecule has 0 aromatic heterocycles. The summed E-state index contributed by atoms with van der Waals surface area (Å²) in [6.45, 7) is 4.41. The molecular weight excluding hydrogens is 276 g/mol. The van der Waals surface area contributed by atoms with E-state index >= 15 is 0 Å². The fourth-order valence-corrected chi connectivity index (χ4v) is 2.11. The topological polar surface area (TPSA) is 49.3 Å². The lowest BCUT2D eigenvalue weighted by Crippen LogP contribution is -2.39. The quantitative estimate of drug-likeness (QED) is 0.775. The summed E-state index contributed by atoms with van der Waals surface area (Å²) < 4.78 is 25.8. The molecule has 0 aliphatic rings. The highest BCUT2D eigenvalue weighted by atomic mass is 19.2. The van der Waals surface area contributed by atoms with Gasteiger partial charge in [0.1, 0.15) is 0 Å². The third kappa shape index (κ3) is 5.08. The minimum Gasteiger partial charge on any atom is -0.396 e. The van der Waals surface area contributed by atoms with Gasteiger partial charge in [0, 0.05) is 18.4 Å². The number of rotatable bonds is 8. The molecule has 5 heteroatoms. The van der Waals surface area contributed by atoms with Crippen LogP contribution in [0.4, 0.5) is 8.78 Å². The first-order valence-electron chi connectivity index (χ1n) is 7.28. The summed E-state index contributed by atoms with van der Waals surface area (Å²) in [7, 11) is 0. The molecule has 1 aromatic carbocycles. The number of nitrogens with one attached hydrogen (secondary N) is 1. The van der Waals surface area contributed by atoms with E-state index in [2.05, 4.69) is 5.32 Å². The molecule has 0 spiro atoms. The number of aryl methyl sites for hydroxylation is 1. The molecule has 0 unspecified atom stereocenters. The Morgan fingerprint density at radius 3 is 2.43 bits per heavy atom. The van der Waals surface area contributed by atoms with Gasteiger partial charge >= 0.3 is 0 Å². The van der Waals surface area contributed by atoms with E-state index in [1.165, 1.54) is 6.07 Å². The number of benzene rings is 1. The molecular formula is C16H23F2NO2. The lowest BCUT2D eigenvalue weighted by molar-refractivity contribution is -0.121. The Hall–Kier alpha value is -1.49. The van der Waals surface area contributed by atoms with Gasteiger partial charge in [0.15, 0.2) is 11.6 Å². The Balaban J connectivity index is 2.45. The number of hydrogen-bond donors (Lipinski definition) is 2. The zero-order chi connectivity index (χ0) is 15.9. The number of aliphatic hydroxyl groups is 1. The van der Waals surface area contributed by atoms with Crippen molar-refractivity contribution in [3.63, 3.8) is 0 Å². The summed E-state index contributed by atoms with van der Waals surface area (Å²) >= 11 is 0. The first kappa shape index (κ1) is 17.6. The SMILES string of the molecule is CCC(CC)(CO)CNC(=O)CCc1ccc(F)c(F)c1. The molecule has 0 radical (unpaired) electrons. The molecule has 21 heavy (non-hydrogen) atoms. The van der Waals surface area contributed by atoms with Gasteiger partial charge in [0.05, 0.1) is 6.61 Å². The van der Waals surface area contributed by atoms with E-state index in [1.807, 2.05) is 13.8 Å². The minimum atomic E-state index is -0.899. The van der Waals surface area contributed by atoms with Crippen molar-refractivity contribution in [1.82, 2.24) is 5.32 Å². The molecule has 0 aliphatic carbocycles. The van der Waals surface area contributed by atoms with Crippen LogP contribution >= 0.6 is 0 Å². The van der Waals surface area contributed by atoms with Crippen LogP contribution in [0.15, 0.2) is 18.2 Å². The maximum Gasteiger partial charge on any atom is 0.220 e. The molecule has 0 saturated heterocycles. The van der Waals surface area contributed by atoms with Gasteiger partial charge in [0.2, 0.25) is 5.91 Å². The van der Waals surface area contributed by atoms with Gasteiger partial charge in [-0.05, 0) is 37.0 Å². The van der Waals surface area contributed by atoms with Gasteiger partial charge in [-0.15, -0.1) is 0 Å². The molecule has 0 saturated carbocycles. The van der Waals surface area contributed by atoms with E-state index in [1.54, 1.807) is 0 Å². The average molecular weight is 299 g/mol. The predicted octanol–water partition coefficient (Wildman–Crippen LogP) is 2.81. The highest BCUT2D eigenvalue weighted by Crippen LogP contribution is 2.24. The fraction of sp³-hybridized carbons (Fsp3) is 0.562. The number of hydrogen-bond acceptors (Lipinski definition) is 2. The second-order valence-electron chi connectivity index (χ2n) is 5.39. The monoisotopic (exact) mass is 299 g/mol. The summed E-state index contributed by atoms with van der Waals surface area (Å²) in [5.74, 6) is -1.94. The van der Waals surface area contributed by atoms with Crippen molar-refractivity contribution in [3.05, 3.63) is 35.4 Å². The number of aliphatic hydroxyl groups excluding tert-OH is 1. The fourth-order valence-electron chi connectivity index (χ4n) is 2.11. The highest BCUT2D eigenvalue weighted by Gasteiger charge is 2.25. The Morgan fingerprint density at radius 2 is 1.90 bits per heavy atom. The maximum absolute atomic E-state index is 13.0. The van der Waals surface area contributed by atoms with Gasteiger partial charge in [-0.1, -0.05) is 19.9 Å². The number of carbonyl (C=O) groups excluding carboxylic acids is 1. The first-order valence-corrected chi connectivity index (χ1v) is 7.28. The molecule has 0 bridgehead atoms. The molecule has 0 aliphatic heterocycles. The van der Waals surface area contributed by atoms with Crippen LogP contribution in [0, 0.1) is 17.0 Å². The molecule has 3 nitrogen and oxygen atoms in total. The van der Waals surface area contributed by atoms with Crippen LogP contribution in [0.5, 0.6) is 0 Å². The van der Waals surface area contributed by atoms with Crippen LogP contribution < -0.4 is 5.32 Å². The smallest absolute Gasteiger partial charge is 0.220 e. The Morgan fingerprint density at radius 1 is 1.24 bits per heavy atom. The molecule has 1 amide bonds. The molecule has 0 atom stereocenters. The van der Waals surface area contributed by atoms with Crippen LogP contribution in [0.2, 0.25) is 0 Å². The summed E-state index contributed by atoms with van der Waals surface area (Å²) in [4.78, 5) is 11.8. The average Bonchev–Trinajstić information content (AvgIpc) is 2.50. The van der Waals surface area contributed by atoms with Gasteiger partial charge in [0.25, 0.3) is 0 Å². The molecule has 1 rings (SSSR count). The second-order valence-corrected chi connectivity index (χ2v) is 5.39. The molecule has 0 fully saturated rings. The first-order chi connectivity index (χ1) is 9.96. The highest BCUT2D eigenvalue weighted by molar-refractivity contribution is 5.76. The number of halogens is 2. The lowest BCUT2D eigenvalue weighted by atomic mass is 9.83. The van der Waals surface area contributed by atoms with Crippen molar-refractivity contribution in [2.45, 2.75) is 39.5 Å². The van der Waals surface area contributed by atoms with Gasteiger partial charge in [-0.2, -0.15) is 0 Å². The van der Waals surface area contributed by atoms with Crippen LogP contribution in [-0.4, -0.2) is 24.2 Å². The Kier molecular flexibility index (Phi) is 6.75. The largest absolute Gasteiger partial charge is 0.396 e. The maximum atomic E-state index is 13.0. The summed E-state index contributed by atoms with van der Waals surface area (Å²) in [5, 5.41) is 12.2. The van der Waals surface area contributed by atoms with E-state index in [9.17, 15) is 18.7 Å². The molecule has 0 heterocycles. The van der Waals surface area contributed by atoms with Crippen molar-refractivity contribution >= 4 is 5.91 Å². The van der Waals surface area contributed by atoms with Crippen molar-refractivity contribution in [2.75, 3.05) is 13.2 Å². The summed E-state index contributed by atoms with van der Waals surface area (Å²) in [6.07, 6.45) is 2.13. The predicted molar refractivity (Wildman–Crippen MR) is 77.8 cm³/mol. The van der Waals surface area contributed by atoms with E-state index in [0.717, 1.165) is 25.0 Å². The Labute approximate surface area is 124 Å². The van der Waals surface area contributed by atoms with E-state index in [0.29, 0.717) is 18.5 Å².